The van der Waals surface area contributed by atoms with Crippen molar-refractivity contribution in [2.45, 2.75) is 45.2 Å². The van der Waals surface area contributed by atoms with E-state index in [4.69, 9.17) is 0 Å². The second kappa shape index (κ2) is 11.5. The lowest BCUT2D eigenvalue weighted by molar-refractivity contribution is 0.0939. The minimum absolute atomic E-state index is 0. The van der Waals surface area contributed by atoms with Crippen molar-refractivity contribution in [3.63, 3.8) is 0 Å². The van der Waals surface area contributed by atoms with E-state index in [0.29, 0.717) is 30.4 Å². The Bertz CT molecular complexity index is 787. The first kappa shape index (κ1) is 22.8. The number of carbonyl (C=O) groups is 2. The van der Waals surface area contributed by atoms with Gasteiger partial charge in [-0.05, 0) is 50.0 Å². The number of rotatable bonds is 8. The summed E-state index contributed by atoms with van der Waals surface area (Å²) in [4.78, 5) is 24.3. The molecule has 1 saturated heterocycles. The quantitative estimate of drug-likeness (QED) is 0.567. The fraction of sp³-hybridized carbons (Fsp3) is 0.500. The molecule has 1 aromatic carbocycles. The largest absolute Gasteiger partial charge is 0.352 e. The Labute approximate surface area is 177 Å². The van der Waals surface area contributed by atoms with Gasteiger partial charge in [0.1, 0.15) is 0 Å². The van der Waals surface area contributed by atoms with Crippen molar-refractivity contribution >= 4 is 24.2 Å². The van der Waals surface area contributed by atoms with Gasteiger partial charge in [-0.25, -0.2) is 4.68 Å². The zero-order valence-electron chi connectivity index (χ0n) is 16.7. The SMILES string of the molecule is CCCCNC(=O)c1ccc(CNC(=O)c2cn(C3CCNCC3)nn2)cc1.Cl. The lowest BCUT2D eigenvalue weighted by atomic mass is 10.1. The van der Waals surface area contributed by atoms with Gasteiger partial charge < -0.3 is 16.0 Å². The molecule has 2 amide bonds. The Balaban J connectivity index is 0.00000300. The molecule has 0 unspecified atom stereocenters. The first-order valence-electron chi connectivity index (χ1n) is 9.95. The van der Waals surface area contributed by atoms with E-state index in [9.17, 15) is 9.59 Å². The third kappa shape index (κ3) is 6.54. The van der Waals surface area contributed by atoms with E-state index < -0.39 is 0 Å². The molecule has 9 heteroatoms. The number of aromatic nitrogens is 3. The van der Waals surface area contributed by atoms with Crippen molar-refractivity contribution in [1.29, 1.82) is 0 Å². The van der Waals surface area contributed by atoms with E-state index in [1.807, 2.05) is 12.1 Å². The topological polar surface area (TPSA) is 101 Å². The van der Waals surface area contributed by atoms with E-state index in [1.165, 1.54) is 0 Å². The number of halogens is 1. The number of nitrogens with zero attached hydrogens (tertiary/aromatic N) is 3. The normalized spacial score (nSPS) is 14.1. The molecule has 2 heterocycles. The number of amides is 2. The molecule has 8 nitrogen and oxygen atoms in total. The highest BCUT2D eigenvalue weighted by Gasteiger charge is 2.18. The highest BCUT2D eigenvalue weighted by atomic mass is 35.5. The number of carbonyl (C=O) groups excluding carboxylic acids is 2. The van der Waals surface area contributed by atoms with Gasteiger partial charge in [0.2, 0.25) is 0 Å². The van der Waals surface area contributed by atoms with Crippen LogP contribution in [-0.4, -0.2) is 46.4 Å². The number of piperidine rings is 1. The van der Waals surface area contributed by atoms with Crippen LogP contribution in [0.25, 0.3) is 0 Å². The van der Waals surface area contributed by atoms with Crippen LogP contribution in [0.5, 0.6) is 0 Å². The summed E-state index contributed by atoms with van der Waals surface area (Å²) in [6, 6.07) is 7.54. The molecule has 0 bridgehead atoms. The maximum Gasteiger partial charge on any atom is 0.273 e. The van der Waals surface area contributed by atoms with E-state index in [1.54, 1.807) is 23.0 Å². The number of benzene rings is 1. The summed E-state index contributed by atoms with van der Waals surface area (Å²) in [6.45, 7) is 5.06. The van der Waals surface area contributed by atoms with Crippen LogP contribution >= 0.6 is 12.4 Å². The number of hydrogen-bond acceptors (Lipinski definition) is 5. The summed E-state index contributed by atoms with van der Waals surface area (Å²) in [5.41, 5.74) is 1.87. The Kier molecular flexibility index (Phi) is 9.08. The van der Waals surface area contributed by atoms with Gasteiger partial charge in [0.25, 0.3) is 11.8 Å². The van der Waals surface area contributed by atoms with Crippen molar-refractivity contribution in [3.8, 4) is 0 Å². The van der Waals surface area contributed by atoms with Gasteiger partial charge in [-0.1, -0.05) is 30.7 Å². The van der Waals surface area contributed by atoms with Crippen LogP contribution in [0.4, 0.5) is 0 Å². The lowest BCUT2D eigenvalue weighted by Crippen LogP contribution is -2.29. The third-order valence-corrected chi connectivity index (χ3v) is 4.91. The van der Waals surface area contributed by atoms with Crippen LogP contribution in [-0.2, 0) is 6.54 Å². The molecule has 3 N–H and O–H groups in total. The second-order valence-electron chi connectivity index (χ2n) is 7.05. The van der Waals surface area contributed by atoms with Gasteiger partial charge in [-0.3, -0.25) is 9.59 Å². The number of unbranched alkanes of at least 4 members (excludes halogenated alkanes) is 1. The van der Waals surface area contributed by atoms with E-state index in [-0.39, 0.29) is 24.2 Å². The molecule has 158 valence electrons. The highest BCUT2D eigenvalue weighted by Crippen LogP contribution is 2.17. The minimum atomic E-state index is -0.249. The Hall–Kier alpha value is -2.45. The van der Waals surface area contributed by atoms with E-state index in [2.05, 4.69) is 33.2 Å². The van der Waals surface area contributed by atoms with Crippen LogP contribution in [0.2, 0.25) is 0 Å². The standard InChI is InChI=1S/C20H28N6O2.ClH/c1-2-3-10-22-19(27)16-6-4-15(5-7-16)13-23-20(28)18-14-26(25-24-18)17-8-11-21-12-9-17;/h4-7,14,17,21H,2-3,8-13H2,1H3,(H,22,27)(H,23,28);1H. The van der Waals surface area contributed by atoms with Crippen molar-refractivity contribution in [3.05, 3.63) is 47.3 Å². The average Bonchev–Trinajstić information content (AvgIpc) is 3.23. The predicted octanol–water partition coefficient (Wildman–Crippen LogP) is 2.08. The fourth-order valence-corrected chi connectivity index (χ4v) is 3.16. The molecule has 1 aromatic heterocycles. The summed E-state index contributed by atoms with van der Waals surface area (Å²) in [6.07, 6.45) is 5.71. The molecule has 29 heavy (non-hydrogen) atoms. The van der Waals surface area contributed by atoms with Gasteiger partial charge in [0, 0.05) is 18.7 Å². The number of hydrogen-bond donors (Lipinski definition) is 3. The van der Waals surface area contributed by atoms with Crippen LogP contribution < -0.4 is 16.0 Å². The van der Waals surface area contributed by atoms with Gasteiger partial charge >= 0.3 is 0 Å². The molecule has 0 atom stereocenters. The molecule has 0 saturated carbocycles. The van der Waals surface area contributed by atoms with Gasteiger partial charge in [-0.2, -0.15) is 0 Å². The minimum Gasteiger partial charge on any atom is -0.352 e. The third-order valence-electron chi connectivity index (χ3n) is 4.91. The molecule has 0 radical (unpaired) electrons. The van der Waals surface area contributed by atoms with E-state index >= 15 is 0 Å². The molecule has 1 aliphatic rings. The Morgan fingerprint density at radius 3 is 2.55 bits per heavy atom. The zero-order chi connectivity index (χ0) is 19.8. The molecular weight excluding hydrogens is 392 g/mol. The van der Waals surface area contributed by atoms with Crippen LogP contribution in [0, 0.1) is 0 Å². The highest BCUT2D eigenvalue weighted by molar-refractivity contribution is 5.94. The monoisotopic (exact) mass is 420 g/mol. The summed E-state index contributed by atoms with van der Waals surface area (Å²) < 4.78 is 1.79. The van der Waals surface area contributed by atoms with Crippen molar-refractivity contribution in [2.24, 2.45) is 0 Å². The lowest BCUT2D eigenvalue weighted by Gasteiger charge is -2.22. The Morgan fingerprint density at radius 2 is 1.86 bits per heavy atom. The van der Waals surface area contributed by atoms with E-state index in [0.717, 1.165) is 44.3 Å². The van der Waals surface area contributed by atoms with Gasteiger partial charge in [0.05, 0.1) is 12.2 Å². The summed E-state index contributed by atoms with van der Waals surface area (Å²) in [5.74, 6) is -0.319. The van der Waals surface area contributed by atoms with Crippen LogP contribution in [0.15, 0.2) is 30.5 Å². The smallest absolute Gasteiger partial charge is 0.273 e. The second-order valence-corrected chi connectivity index (χ2v) is 7.05. The summed E-state index contributed by atoms with van der Waals surface area (Å²) in [5, 5.41) is 17.2. The van der Waals surface area contributed by atoms with Crippen LogP contribution in [0.1, 0.15) is 65.1 Å². The molecule has 3 rings (SSSR count). The maximum absolute atomic E-state index is 12.3. The predicted molar refractivity (Wildman–Crippen MR) is 113 cm³/mol. The maximum atomic E-state index is 12.3. The summed E-state index contributed by atoms with van der Waals surface area (Å²) >= 11 is 0. The first-order chi connectivity index (χ1) is 13.7. The molecule has 2 aromatic rings. The van der Waals surface area contributed by atoms with Crippen LogP contribution in [0.3, 0.4) is 0 Å². The molecule has 1 aliphatic heterocycles. The number of nitrogens with one attached hydrogen (secondary N) is 3. The fourth-order valence-electron chi connectivity index (χ4n) is 3.16. The average molecular weight is 421 g/mol. The molecular formula is C20H29ClN6O2. The molecule has 0 aliphatic carbocycles. The van der Waals surface area contributed by atoms with Gasteiger partial charge in [0.15, 0.2) is 5.69 Å². The first-order valence-corrected chi connectivity index (χ1v) is 9.95. The Morgan fingerprint density at radius 1 is 1.14 bits per heavy atom. The van der Waals surface area contributed by atoms with Crippen molar-refractivity contribution in [1.82, 2.24) is 30.9 Å². The van der Waals surface area contributed by atoms with Crippen molar-refractivity contribution in [2.75, 3.05) is 19.6 Å². The zero-order valence-corrected chi connectivity index (χ0v) is 17.5. The molecule has 0 spiro atoms. The van der Waals surface area contributed by atoms with Gasteiger partial charge in [-0.15, -0.1) is 17.5 Å². The molecule has 1 fully saturated rings. The van der Waals surface area contributed by atoms with Crippen molar-refractivity contribution < 1.29 is 9.59 Å². The summed E-state index contributed by atoms with van der Waals surface area (Å²) in [7, 11) is 0.